The Bertz CT molecular complexity index is 555. The highest BCUT2D eigenvalue weighted by molar-refractivity contribution is 5.86. The number of carboxylic acids is 1. The molecule has 5 nitrogen and oxygen atoms in total. The van der Waals surface area contributed by atoms with Gasteiger partial charge in [-0.2, -0.15) is 0 Å². The highest BCUT2D eigenvalue weighted by atomic mass is 16.4. The number of carboxylic acid groups (broad SMARTS) is 1. The second kappa shape index (κ2) is 5.07. The zero-order valence-electron chi connectivity index (χ0n) is 10.9. The first kappa shape index (κ1) is 12.8. The summed E-state index contributed by atoms with van der Waals surface area (Å²) in [5.74, 6) is -1.98. The van der Waals surface area contributed by atoms with Crippen molar-refractivity contribution in [2.24, 2.45) is 23.7 Å². The van der Waals surface area contributed by atoms with Gasteiger partial charge in [0.15, 0.2) is 0 Å². The van der Waals surface area contributed by atoms with Crippen molar-refractivity contribution in [1.29, 1.82) is 0 Å². The molecule has 2 bridgehead atoms. The fourth-order valence-electron chi connectivity index (χ4n) is 3.32. The molecule has 0 saturated heterocycles. The molecule has 2 N–H and O–H groups in total. The Morgan fingerprint density at radius 1 is 1.20 bits per heavy atom. The quantitative estimate of drug-likeness (QED) is 0.808. The standard InChI is InChI=1S/C15H16N2O3/c18-14(17-8-9-3-5-16-6-4-9)12-10-1-2-11(7-10)13(12)15(19)20/h1-6,10-13H,7-8H2,(H,17,18)(H,19,20)/t10-,11+,12+,13+/m1/s1. The van der Waals surface area contributed by atoms with Crippen LogP contribution in [0.15, 0.2) is 36.7 Å². The summed E-state index contributed by atoms with van der Waals surface area (Å²) in [6.07, 6.45) is 8.05. The van der Waals surface area contributed by atoms with Gasteiger partial charge in [0.25, 0.3) is 0 Å². The minimum Gasteiger partial charge on any atom is -0.481 e. The molecule has 2 aliphatic rings. The Morgan fingerprint density at radius 3 is 2.50 bits per heavy atom. The van der Waals surface area contributed by atoms with Crippen molar-refractivity contribution >= 4 is 11.9 Å². The maximum atomic E-state index is 12.3. The van der Waals surface area contributed by atoms with E-state index in [1.54, 1.807) is 12.4 Å². The number of hydrogen-bond donors (Lipinski definition) is 2. The monoisotopic (exact) mass is 272 g/mol. The molecule has 104 valence electrons. The largest absolute Gasteiger partial charge is 0.481 e. The van der Waals surface area contributed by atoms with Crippen molar-refractivity contribution in [1.82, 2.24) is 10.3 Å². The van der Waals surface area contributed by atoms with E-state index in [9.17, 15) is 14.7 Å². The van der Waals surface area contributed by atoms with E-state index in [2.05, 4.69) is 10.3 Å². The van der Waals surface area contributed by atoms with E-state index in [1.807, 2.05) is 24.3 Å². The van der Waals surface area contributed by atoms with Crippen LogP contribution >= 0.6 is 0 Å². The number of allylic oxidation sites excluding steroid dienone is 2. The van der Waals surface area contributed by atoms with E-state index in [0.717, 1.165) is 12.0 Å². The van der Waals surface area contributed by atoms with Crippen LogP contribution in [0.5, 0.6) is 0 Å². The van der Waals surface area contributed by atoms with E-state index < -0.39 is 17.8 Å². The summed E-state index contributed by atoms with van der Waals surface area (Å²) in [6, 6.07) is 3.66. The Morgan fingerprint density at radius 2 is 1.85 bits per heavy atom. The predicted octanol–water partition coefficient (Wildman–Crippen LogP) is 1.22. The Labute approximate surface area is 116 Å². The van der Waals surface area contributed by atoms with Crippen LogP contribution in [0, 0.1) is 23.7 Å². The van der Waals surface area contributed by atoms with Crippen molar-refractivity contribution in [2.45, 2.75) is 13.0 Å². The number of nitrogens with one attached hydrogen (secondary N) is 1. The number of nitrogens with zero attached hydrogens (tertiary/aromatic N) is 1. The lowest BCUT2D eigenvalue weighted by atomic mass is 9.82. The van der Waals surface area contributed by atoms with Crippen molar-refractivity contribution in [3.05, 3.63) is 42.2 Å². The van der Waals surface area contributed by atoms with E-state index in [-0.39, 0.29) is 17.7 Å². The van der Waals surface area contributed by atoms with E-state index >= 15 is 0 Å². The molecule has 1 saturated carbocycles. The number of aliphatic carboxylic acids is 1. The number of aromatic nitrogens is 1. The fraction of sp³-hybridized carbons (Fsp3) is 0.400. The van der Waals surface area contributed by atoms with Crippen LogP contribution < -0.4 is 5.32 Å². The summed E-state index contributed by atoms with van der Waals surface area (Å²) in [6.45, 7) is 0.408. The zero-order chi connectivity index (χ0) is 14.1. The second-order valence-electron chi connectivity index (χ2n) is 5.41. The smallest absolute Gasteiger partial charge is 0.307 e. The predicted molar refractivity (Wildman–Crippen MR) is 71.4 cm³/mol. The molecule has 0 radical (unpaired) electrons. The number of pyridine rings is 1. The number of carbonyl (C=O) groups excluding carboxylic acids is 1. The molecule has 20 heavy (non-hydrogen) atoms. The van der Waals surface area contributed by atoms with Crippen LogP contribution in [-0.2, 0) is 16.1 Å². The average molecular weight is 272 g/mol. The third kappa shape index (κ3) is 2.19. The fourth-order valence-corrected chi connectivity index (χ4v) is 3.32. The third-order valence-electron chi connectivity index (χ3n) is 4.26. The van der Waals surface area contributed by atoms with Gasteiger partial charge in [-0.1, -0.05) is 12.2 Å². The van der Waals surface area contributed by atoms with Gasteiger partial charge in [0, 0.05) is 18.9 Å². The van der Waals surface area contributed by atoms with Crippen LogP contribution in [-0.4, -0.2) is 22.0 Å². The summed E-state index contributed by atoms with van der Waals surface area (Å²) in [7, 11) is 0. The Kier molecular flexibility index (Phi) is 3.26. The van der Waals surface area contributed by atoms with Crippen LogP contribution in [0.4, 0.5) is 0 Å². The van der Waals surface area contributed by atoms with Crippen LogP contribution in [0.3, 0.4) is 0 Å². The third-order valence-corrected chi connectivity index (χ3v) is 4.26. The highest BCUT2D eigenvalue weighted by Gasteiger charge is 2.51. The first-order valence-corrected chi connectivity index (χ1v) is 6.74. The summed E-state index contributed by atoms with van der Waals surface area (Å²) < 4.78 is 0. The molecular formula is C15H16N2O3. The number of carbonyl (C=O) groups is 2. The van der Waals surface area contributed by atoms with Crippen molar-refractivity contribution in [3.8, 4) is 0 Å². The lowest BCUT2D eigenvalue weighted by Crippen LogP contribution is -2.39. The molecule has 1 amide bonds. The minimum atomic E-state index is -0.870. The summed E-state index contributed by atoms with van der Waals surface area (Å²) in [4.78, 5) is 27.6. The van der Waals surface area contributed by atoms with Gasteiger partial charge in [-0.15, -0.1) is 0 Å². The molecule has 1 fully saturated rings. The van der Waals surface area contributed by atoms with Gasteiger partial charge in [0.05, 0.1) is 11.8 Å². The molecule has 2 aliphatic carbocycles. The van der Waals surface area contributed by atoms with Gasteiger partial charge in [-0.3, -0.25) is 14.6 Å². The van der Waals surface area contributed by atoms with E-state index in [0.29, 0.717) is 6.54 Å². The average Bonchev–Trinajstić information content (AvgIpc) is 3.06. The molecular weight excluding hydrogens is 256 g/mol. The van der Waals surface area contributed by atoms with E-state index in [1.165, 1.54) is 0 Å². The molecule has 0 aliphatic heterocycles. The minimum absolute atomic E-state index is 0.00850. The highest BCUT2D eigenvalue weighted by Crippen LogP contribution is 2.48. The van der Waals surface area contributed by atoms with Crippen molar-refractivity contribution in [3.63, 3.8) is 0 Å². The SMILES string of the molecule is O=C(NCc1ccncc1)[C@@H]1[C@@H](C(=O)O)[C@H]2C=C[C@@H]1C2. The van der Waals surface area contributed by atoms with Crippen molar-refractivity contribution < 1.29 is 14.7 Å². The number of rotatable bonds is 4. The first-order chi connectivity index (χ1) is 9.66. The van der Waals surface area contributed by atoms with Gasteiger partial charge in [0.1, 0.15) is 0 Å². The molecule has 1 aromatic heterocycles. The number of hydrogen-bond acceptors (Lipinski definition) is 3. The maximum Gasteiger partial charge on any atom is 0.307 e. The molecule has 5 heteroatoms. The van der Waals surface area contributed by atoms with Crippen LogP contribution in [0.2, 0.25) is 0 Å². The van der Waals surface area contributed by atoms with E-state index in [4.69, 9.17) is 0 Å². The molecule has 1 heterocycles. The molecule has 4 atom stereocenters. The van der Waals surface area contributed by atoms with Gasteiger partial charge in [-0.25, -0.2) is 0 Å². The van der Waals surface area contributed by atoms with Gasteiger partial charge in [-0.05, 0) is 36.0 Å². The second-order valence-corrected chi connectivity index (χ2v) is 5.41. The molecule has 1 aromatic rings. The van der Waals surface area contributed by atoms with Crippen LogP contribution in [0.25, 0.3) is 0 Å². The zero-order valence-corrected chi connectivity index (χ0v) is 10.9. The van der Waals surface area contributed by atoms with Crippen molar-refractivity contribution in [2.75, 3.05) is 0 Å². The molecule has 0 unspecified atom stereocenters. The first-order valence-electron chi connectivity index (χ1n) is 6.74. The summed E-state index contributed by atoms with van der Waals surface area (Å²) in [5.41, 5.74) is 0.957. The lowest BCUT2D eigenvalue weighted by molar-refractivity contribution is -0.147. The lowest BCUT2D eigenvalue weighted by Gasteiger charge is -2.23. The normalized spacial score (nSPS) is 30.4. The van der Waals surface area contributed by atoms with Gasteiger partial charge in [0.2, 0.25) is 5.91 Å². The summed E-state index contributed by atoms with van der Waals surface area (Å²) in [5, 5.41) is 12.2. The molecule has 0 spiro atoms. The van der Waals surface area contributed by atoms with Crippen LogP contribution in [0.1, 0.15) is 12.0 Å². The Balaban J connectivity index is 1.68. The molecule has 3 rings (SSSR count). The molecule has 0 aromatic carbocycles. The number of fused-ring (bicyclic) bond motifs is 2. The number of amides is 1. The van der Waals surface area contributed by atoms with Gasteiger partial charge < -0.3 is 10.4 Å². The Hall–Kier alpha value is -2.17. The topological polar surface area (TPSA) is 79.3 Å². The van der Waals surface area contributed by atoms with Gasteiger partial charge >= 0.3 is 5.97 Å². The maximum absolute atomic E-state index is 12.3. The summed E-state index contributed by atoms with van der Waals surface area (Å²) >= 11 is 0.